The largest absolute Gasteiger partial charge is 0.444 e. The highest BCUT2D eigenvalue weighted by Crippen LogP contribution is 2.30. The van der Waals surface area contributed by atoms with Gasteiger partial charge in [-0.3, -0.25) is 0 Å². The molecule has 1 amide bonds. The SMILES string of the molecule is CCC1(OCc2cc(C)no2)CCCN(C(=O)OC(C)(C)C)C1. The molecule has 23 heavy (non-hydrogen) atoms. The number of aromatic nitrogens is 1. The molecule has 6 nitrogen and oxygen atoms in total. The molecule has 1 aliphatic rings. The molecular formula is C17H28N2O4. The zero-order valence-electron chi connectivity index (χ0n) is 14.8. The highest BCUT2D eigenvalue weighted by Gasteiger charge is 2.38. The summed E-state index contributed by atoms with van der Waals surface area (Å²) in [7, 11) is 0. The van der Waals surface area contributed by atoms with Gasteiger partial charge < -0.3 is 18.9 Å². The van der Waals surface area contributed by atoms with E-state index < -0.39 is 5.60 Å². The van der Waals surface area contributed by atoms with Crippen LogP contribution < -0.4 is 0 Å². The van der Waals surface area contributed by atoms with Gasteiger partial charge in [-0.2, -0.15) is 0 Å². The van der Waals surface area contributed by atoms with Crippen LogP contribution in [0.25, 0.3) is 0 Å². The van der Waals surface area contributed by atoms with Gasteiger partial charge in [-0.25, -0.2) is 4.79 Å². The lowest BCUT2D eigenvalue weighted by Crippen LogP contribution is -2.52. The Kier molecular flexibility index (Phi) is 5.34. The predicted octanol–water partition coefficient (Wildman–Crippen LogP) is 3.68. The Morgan fingerprint density at radius 1 is 1.48 bits per heavy atom. The van der Waals surface area contributed by atoms with Gasteiger partial charge in [0, 0.05) is 12.6 Å². The van der Waals surface area contributed by atoms with E-state index in [1.54, 1.807) is 4.90 Å². The van der Waals surface area contributed by atoms with Crippen LogP contribution in [0.5, 0.6) is 0 Å². The van der Waals surface area contributed by atoms with E-state index in [9.17, 15) is 4.79 Å². The molecule has 1 fully saturated rings. The smallest absolute Gasteiger partial charge is 0.410 e. The molecule has 0 aliphatic carbocycles. The Bertz CT molecular complexity index is 535. The quantitative estimate of drug-likeness (QED) is 0.845. The first-order valence-electron chi connectivity index (χ1n) is 8.27. The molecule has 0 saturated carbocycles. The Hall–Kier alpha value is -1.56. The summed E-state index contributed by atoms with van der Waals surface area (Å²) in [6.07, 6.45) is 2.40. The lowest BCUT2D eigenvalue weighted by molar-refractivity contribution is -0.106. The van der Waals surface area contributed by atoms with E-state index in [0.717, 1.165) is 25.0 Å². The van der Waals surface area contributed by atoms with Crippen molar-refractivity contribution in [2.45, 2.75) is 71.7 Å². The molecule has 0 spiro atoms. The van der Waals surface area contributed by atoms with Crippen molar-refractivity contribution in [2.75, 3.05) is 13.1 Å². The third-order valence-corrected chi connectivity index (χ3v) is 4.03. The Morgan fingerprint density at radius 3 is 2.78 bits per heavy atom. The molecular weight excluding hydrogens is 296 g/mol. The zero-order valence-corrected chi connectivity index (χ0v) is 14.8. The number of aryl methyl sites for hydroxylation is 1. The van der Waals surface area contributed by atoms with Gasteiger partial charge in [-0.05, 0) is 47.0 Å². The number of hydrogen-bond donors (Lipinski definition) is 0. The van der Waals surface area contributed by atoms with Crippen LogP contribution in [0.1, 0.15) is 58.4 Å². The minimum Gasteiger partial charge on any atom is -0.444 e. The van der Waals surface area contributed by atoms with E-state index in [0.29, 0.717) is 25.5 Å². The lowest BCUT2D eigenvalue weighted by Gasteiger charge is -2.42. The summed E-state index contributed by atoms with van der Waals surface area (Å²) in [5.74, 6) is 0.713. The topological polar surface area (TPSA) is 64.8 Å². The second-order valence-electron chi connectivity index (χ2n) is 7.27. The molecule has 2 heterocycles. The average molecular weight is 324 g/mol. The second-order valence-corrected chi connectivity index (χ2v) is 7.27. The first kappa shape index (κ1) is 17.8. The van der Waals surface area contributed by atoms with Crippen LogP contribution in [-0.4, -0.2) is 40.4 Å². The lowest BCUT2D eigenvalue weighted by atomic mass is 9.90. The van der Waals surface area contributed by atoms with Gasteiger partial charge in [-0.1, -0.05) is 12.1 Å². The number of ether oxygens (including phenoxy) is 2. The third kappa shape index (κ3) is 4.96. The standard InChI is InChI=1S/C17H28N2O4/c1-6-17(21-11-14-10-13(2)18-23-14)8-7-9-19(12-17)15(20)22-16(3,4)5/h10H,6-9,11-12H2,1-5H3. The van der Waals surface area contributed by atoms with Crippen LogP contribution in [0.2, 0.25) is 0 Å². The van der Waals surface area contributed by atoms with E-state index in [1.165, 1.54) is 0 Å². The molecule has 1 unspecified atom stereocenters. The number of carbonyl (C=O) groups excluding carboxylic acids is 1. The van der Waals surface area contributed by atoms with Crippen LogP contribution in [0, 0.1) is 6.92 Å². The van der Waals surface area contributed by atoms with Crippen LogP contribution in [-0.2, 0) is 16.1 Å². The molecule has 1 aliphatic heterocycles. The molecule has 1 aromatic heterocycles. The van der Waals surface area contributed by atoms with Crippen molar-refractivity contribution in [3.05, 3.63) is 17.5 Å². The molecule has 1 atom stereocenters. The maximum atomic E-state index is 12.3. The van der Waals surface area contributed by atoms with E-state index >= 15 is 0 Å². The predicted molar refractivity (Wildman–Crippen MR) is 86.1 cm³/mol. The highest BCUT2D eigenvalue weighted by molar-refractivity contribution is 5.68. The Balaban J connectivity index is 1.98. The number of carbonyl (C=O) groups is 1. The van der Waals surface area contributed by atoms with Crippen molar-refractivity contribution in [3.63, 3.8) is 0 Å². The number of piperidine rings is 1. The summed E-state index contributed by atoms with van der Waals surface area (Å²) in [5, 5.41) is 3.87. The van der Waals surface area contributed by atoms with Gasteiger partial charge in [0.15, 0.2) is 5.76 Å². The Labute approximate surface area is 138 Å². The third-order valence-electron chi connectivity index (χ3n) is 4.03. The van der Waals surface area contributed by atoms with Gasteiger partial charge in [0.2, 0.25) is 0 Å². The molecule has 2 rings (SSSR count). The molecule has 0 N–H and O–H groups in total. The Morgan fingerprint density at radius 2 is 2.22 bits per heavy atom. The molecule has 0 bridgehead atoms. The van der Waals surface area contributed by atoms with E-state index in [4.69, 9.17) is 14.0 Å². The maximum absolute atomic E-state index is 12.3. The molecule has 1 aromatic rings. The fourth-order valence-electron chi connectivity index (χ4n) is 2.80. The summed E-state index contributed by atoms with van der Waals surface area (Å²) >= 11 is 0. The first-order chi connectivity index (χ1) is 10.7. The number of likely N-dealkylation sites (tertiary alicyclic amines) is 1. The fourth-order valence-corrected chi connectivity index (χ4v) is 2.80. The van der Waals surface area contributed by atoms with Crippen LogP contribution in [0.4, 0.5) is 4.79 Å². The van der Waals surface area contributed by atoms with Crippen molar-refractivity contribution in [1.29, 1.82) is 0 Å². The minimum absolute atomic E-state index is 0.269. The number of hydrogen-bond acceptors (Lipinski definition) is 5. The van der Waals surface area contributed by atoms with Gasteiger partial charge in [-0.15, -0.1) is 0 Å². The highest BCUT2D eigenvalue weighted by atomic mass is 16.6. The van der Waals surface area contributed by atoms with Gasteiger partial charge >= 0.3 is 6.09 Å². The molecule has 6 heteroatoms. The summed E-state index contributed by atoms with van der Waals surface area (Å²) < 4.78 is 16.8. The van der Waals surface area contributed by atoms with E-state index in [-0.39, 0.29) is 11.7 Å². The summed E-state index contributed by atoms with van der Waals surface area (Å²) in [6.45, 7) is 11.2. The number of nitrogens with zero attached hydrogens (tertiary/aromatic N) is 2. The van der Waals surface area contributed by atoms with Crippen LogP contribution >= 0.6 is 0 Å². The molecule has 0 aromatic carbocycles. The van der Waals surface area contributed by atoms with Crippen molar-refractivity contribution >= 4 is 6.09 Å². The van der Waals surface area contributed by atoms with Crippen molar-refractivity contribution < 1.29 is 18.8 Å². The van der Waals surface area contributed by atoms with Crippen molar-refractivity contribution in [3.8, 4) is 0 Å². The second kappa shape index (κ2) is 6.91. The summed E-state index contributed by atoms with van der Waals surface area (Å²) in [6, 6.07) is 1.87. The average Bonchev–Trinajstić information content (AvgIpc) is 2.89. The normalized spacial score (nSPS) is 22.2. The van der Waals surface area contributed by atoms with E-state index in [2.05, 4.69) is 12.1 Å². The summed E-state index contributed by atoms with van der Waals surface area (Å²) in [5.41, 5.74) is 0.00506. The van der Waals surface area contributed by atoms with Gasteiger partial charge in [0.25, 0.3) is 0 Å². The summed E-state index contributed by atoms with van der Waals surface area (Å²) in [4.78, 5) is 14.1. The van der Waals surface area contributed by atoms with Crippen molar-refractivity contribution in [2.24, 2.45) is 0 Å². The molecule has 0 radical (unpaired) electrons. The molecule has 130 valence electrons. The first-order valence-corrected chi connectivity index (χ1v) is 8.27. The molecule has 1 saturated heterocycles. The van der Waals surface area contributed by atoms with Gasteiger partial charge in [0.05, 0.1) is 17.8 Å². The van der Waals surface area contributed by atoms with Gasteiger partial charge in [0.1, 0.15) is 12.2 Å². The van der Waals surface area contributed by atoms with Crippen LogP contribution in [0.3, 0.4) is 0 Å². The zero-order chi connectivity index (χ0) is 17.1. The number of amides is 1. The van der Waals surface area contributed by atoms with E-state index in [1.807, 2.05) is 33.8 Å². The fraction of sp³-hybridized carbons (Fsp3) is 0.765. The maximum Gasteiger partial charge on any atom is 0.410 e. The monoisotopic (exact) mass is 324 g/mol. The van der Waals surface area contributed by atoms with Crippen molar-refractivity contribution in [1.82, 2.24) is 10.1 Å². The van der Waals surface area contributed by atoms with Crippen LogP contribution in [0.15, 0.2) is 10.6 Å². The minimum atomic E-state index is -0.484. The number of rotatable bonds is 4.